The number of halogens is 3. The molecule has 0 aromatic heterocycles. The molecule has 0 radical (unpaired) electrons. The largest absolute Gasteiger partial charge is 0.480 e. The molecule has 0 saturated carbocycles. The van der Waals surface area contributed by atoms with E-state index < -0.39 is 30.1 Å². The first-order valence-electron chi connectivity index (χ1n) is 4.89. The standard InChI is InChI=1S/C9H15F3N2O4/c1-8(13,9(10,11)12)7(17)14(3-4-18-2)5-6(15)16/h3-5,13H2,1-2H3,(H,15,16). The highest BCUT2D eigenvalue weighted by Gasteiger charge is 2.55. The number of aliphatic carboxylic acids is 1. The third kappa shape index (κ3) is 4.15. The molecule has 0 fully saturated rings. The highest BCUT2D eigenvalue weighted by molar-refractivity contribution is 5.89. The third-order valence-electron chi connectivity index (χ3n) is 2.21. The maximum Gasteiger partial charge on any atom is 0.415 e. The topological polar surface area (TPSA) is 92.9 Å². The third-order valence-corrected chi connectivity index (χ3v) is 2.21. The number of amides is 1. The van der Waals surface area contributed by atoms with E-state index in [0.29, 0.717) is 11.8 Å². The summed E-state index contributed by atoms with van der Waals surface area (Å²) in [6.45, 7) is -0.750. The van der Waals surface area contributed by atoms with Crippen molar-refractivity contribution < 1.29 is 32.6 Å². The van der Waals surface area contributed by atoms with Gasteiger partial charge in [-0.25, -0.2) is 0 Å². The molecule has 0 aliphatic carbocycles. The van der Waals surface area contributed by atoms with Crippen molar-refractivity contribution in [3.05, 3.63) is 0 Å². The molecule has 1 atom stereocenters. The lowest BCUT2D eigenvalue weighted by molar-refractivity contribution is -0.194. The summed E-state index contributed by atoms with van der Waals surface area (Å²) in [5.41, 5.74) is 1.81. The average Bonchev–Trinajstić information content (AvgIpc) is 2.20. The summed E-state index contributed by atoms with van der Waals surface area (Å²) in [4.78, 5) is 22.6. The molecule has 0 aliphatic rings. The second kappa shape index (κ2) is 6.01. The molecule has 0 rings (SSSR count). The summed E-state index contributed by atoms with van der Waals surface area (Å²) < 4.78 is 42.3. The molecule has 0 aliphatic heterocycles. The Morgan fingerprint density at radius 1 is 1.39 bits per heavy atom. The van der Waals surface area contributed by atoms with E-state index in [1.807, 2.05) is 0 Å². The van der Waals surface area contributed by atoms with Crippen LogP contribution in [-0.2, 0) is 14.3 Å². The van der Waals surface area contributed by atoms with Gasteiger partial charge < -0.3 is 20.5 Å². The number of alkyl halides is 3. The average molecular weight is 272 g/mol. The molecular weight excluding hydrogens is 257 g/mol. The lowest BCUT2D eigenvalue weighted by Gasteiger charge is -2.32. The van der Waals surface area contributed by atoms with Gasteiger partial charge in [-0.1, -0.05) is 0 Å². The minimum Gasteiger partial charge on any atom is -0.480 e. The molecule has 6 nitrogen and oxygen atoms in total. The van der Waals surface area contributed by atoms with E-state index in [2.05, 4.69) is 4.74 Å². The second-order valence-electron chi connectivity index (χ2n) is 3.81. The fourth-order valence-corrected chi connectivity index (χ4v) is 1.07. The van der Waals surface area contributed by atoms with Crippen molar-refractivity contribution >= 4 is 11.9 Å². The van der Waals surface area contributed by atoms with E-state index in [4.69, 9.17) is 10.8 Å². The lowest BCUT2D eigenvalue weighted by Crippen LogP contribution is -2.63. The molecule has 1 amide bonds. The summed E-state index contributed by atoms with van der Waals surface area (Å²) in [6, 6.07) is 0. The van der Waals surface area contributed by atoms with Gasteiger partial charge in [0.1, 0.15) is 6.54 Å². The zero-order chi connectivity index (χ0) is 14.6. The number of nitrogens with two attached hydrogens (primary N) is 1. The number of carboxylic acids is 1. The molecule has 3 N–H and O–H groups in total. The number of hydrogen-bond acceptors (Lipinski definition) is 4. The van der Waals surface area contributed by atoms with Crippen LogP contribution in [0.3, 0.4) is 0 Å². The zero-order valence-electron chi connectivity index (χ0n) is 9.95. The number of carbonyl (C=O) groups is 2. The van der Waals surface area contributed by atoms with Crippen LogP contribution >= 0.6 is 0 Å². The summed E-state index contributed by atoms with van der Waals surface area (Å²) >= 11 is 0. The maximum absolute atomic E-state index is 12.6. The fourth-order valence-electron chi connectivity index (χ4n) is 1.07. The van der Waals surface area contributed by atoms with Gasteiger partial charge in [0.05, 0.1) is 6.61 Å². The molecule has 18 heavy (non-hydrogen) atoms. The van der Waals surface area contributed by atoms with Gasteiger partial charge in [-0.05, 0) is 6.92 Å². The van der Waals surface area contributed by atoms with Crippen LogP contribution in [0.2, 0.25) is 0 Å². The van der Waals surface area contributed by atoms with E-state index in [0.717, 1.165) is 0 Å². The van der Waals surface area contributed by atoms with Gasteiger partial charge >= 0.3 is 12.1 Å². The first kappa shape index (κ1) is 16.6. The number of nitrogens with zero attached hydrogens (tertiary/aromatic N) is 1. The van der Waals surface area contributed by atoms with Gasteiger partial charge in [0.25, 0.3) is 5.91 Å². The van der Waals surface area contributed by atoms with E-state index in [9.17, 15) is 22.8 Å². The predicted octanol–water partition coefficient (Wildman–Crippen LogP) is -0.174. The Morgan fingerprint density at radius 2 is 1.89 bits per heavy atom. The van der Waals surface area contributed by atoms with Crippen molar-refractivity contribution in [2.75, 3.05) is 26.8 Å². The molecule has 0 heterocycles. The highest BCUT2D eigenvalue weighted by Crippen LogP contribution is 2.29. The lowest BCUT2D eigenvalue weighted by atomic mass is 10.0. The number of carbonyl (C=O) groups excluding carboxylic acids is 1. The van der Waals surface area contributed by atoms with Gasteiger partial charge in [0.2, 0.25) is 0 Å². The van der Waals surface area contributed by atoms with Gasteiger partial charge in [0.15, 0.2) is 5.54 Å². The number of methoxy groups -OCH3 is 1. The Kier molecular flexibility index (Phi) is 5.55. The van der Waals surface area contributed by atoms with E-state index in [1.165, 1.54) is 7.11 Å². The molecule has 106 valence electrons. The van der Waals surface area contributed by atoms with Crippen molar-refractivity contribution in [2.24, 2.45) is 5.73 Å². The van der Waals surface area contributed by atoms with E-state index in [1.54, 1.807) is 0 Å². The number of hydrogen-bond donors (Lipinski definition) is 2. The first-order chi connectivity index (χ1) is 8.04. The van der Waals surface area contributed by atoms with E-state index in [-0.39, 0.29) is 13.2 Å². The molecule has 0 aromatic carbocycles. The minimum atomic E-state index is -4.96. The fraction of sp³-hybridized carbons (Fsp3) is 0.778. The SMILES string of the molecule is COCCN(CC(=O)O)C(=O)C(C)(N)C(F)(F)F. The van der Waals surface area contributed by atoms with Crippen LogP contribution in [0, 0.1) is 0 Å². The van der Waals surface area contributed by atoms with Crippen LogP contribution in [0.15, 0.2) is 0 Å². The summed E-state index contributed by atoms with van der Waals surface area (Å²) in [6.07, 6.45) is -4.96. The highest BCUT2D eigenvalue weighted by atomic mass is 19.4. The van der Waals surface area contributed by atoms with Gasteiger partial charge in [-0.3, -0.25) is 9.59 Å². The number of carboxylic acid groups (broad SMARTS) is 1. The zero-order valence-corrected chi connectivity index (χ0v) is 9.95. The molecule has 1 unspecified atom stereocenters. The van der Waals surface area contributed by atoms with Crippen LogP contribution in [0.4, 0.5) is 13.2 Å². The maximum atomic E-state index is 12.6. The first-order valence-corrected chi connectivity index (χ1v) is 4.89. The van der Waals surface area contributed by atoms with Crippen LogP contribution in [0.5, 0.6) is 0 Å². The molecule has 0 spiro atoms. The Morgan fingerprint density at radius 3 is 2.22 bits per heavy atom. The van der Waals surface area contributed by atoms with Crippen LogP contribution in [0.25, 0.3) is 0 Å². The van der Waals surface area contributed by atoms with Crippen molar-refractivity contribution in [3.8, 4) is 0 Å². The Labute approximate surface area is 101 Å². The summed E-state index contributed by atoms with van der Waals surface area (Å²) in [5, 5.41) is 8.54. The molecule has 9 heteroatoms. The Bertz CT molecular complexity index is 317. The molecule has 0 bridgehead atoms. The van der Waals surface area contributed by atoms with Crippen LogP contribution in [0.1, 0.15) is 6.92 Å². The van der Waals surface area contributed by atoms with Crippen molar-refractivity contribution in [3.63, 3.8) is 0 Å². The Hall–Kier alpha value is -1.35. The van der Waals surface area contributed by atoms with Crippen molar-refractivity contribution in [2.45, 2.75) is 18.6 Å². The van der Waals surface area contributed by atoms with Crippen LogP contribution < -0.4 is 5.73 Å². The van der Waals surface area contributed by atoms with Crippen LogP contribution in [-0.4, -0.2) is 60.4 Å². The summed E-state index contributed by atoms with van der Waals surface area (Å²) in [5.74, 6) is -2.94. The minimum absolute atomic E-state index is 0.0903. The van der Waals surface area contributed by atoms with Crippen molar-refractivity contribution in [1.82, 2.24) is 4.90 Å². The van der Waals surface area contributed by atoms with Gasteiger partial charge in [-0.15, -0.1) is 0 Å². The molecule has 0 saturated heterocycles. The monoisotopic (exact) mass is 272 g/mol. The quantitative estimate of drug-likeness (QED) is 0.700. The normalized spacial score (nSPS) is 15.0. The second-order valence-corrected chi connectivity index (χ2v) is 3.81. The van der Waals surface area contributed by atoms with Crippen molar-refractivity contribution in [1.29, 1.82) is 0 Å². The number of rotatable bonds is 6. The van der Waals surface area contributed by atoms with Gasteiger partial charge in [0, 0.05) is 13.7 Å². The summed E-state index contributed by atoms with van der Waals surface area (Å²) in [7, 11) is 1.27. The predicted molar refractivity (Wildman–Crippen MR) is 54.7 cm³/mol. The number of ether oxygens (including phenoxy) is 1. The molecule has 0 aromatic rings. The smallest absolute Gasteiger partial charge is 0.415 e. The molecular formula is C9H15F3N2O4. The van der Waals surface area contributed by atoms with E-state index >= 15 is 0 Å². The van der Waals surface area contributed by atoms with Gasteiger partial charge in [-0.2, -0.15) is 13.2 Å². The Balaban J connectivity index is 5.00.